The predicted molar refractivity (Wildman–Crippen MR) is 102 cm³/mol. The van der Waals surface area contributed by atoms with Gasteiger partial charge in [-0.15, -0.1) is 11.3 Å². The lowest BCUT2D eigenvalue weighted by Crippen LogP contribution is -2.26. The van der Waals surface area contributed by atoms with Crippen LogP contribution in [0.3, 0.4) is 0 Å². The molecule has 1 aliphatic carbocycles. The Kier molecular flexibility index (Phi) is 4.97. The van der Waals surface area contributed by atoms with E-state index in [-0.39, 0.29) is 11.3 Å². The second-order valence-corrected chi connectivity index (χ2v) is 8.96. The standard InChI is InChI=1S/C20H25NO4S/c1-11-13(8-9-25-11)17(22)21-18-16(19(23)24-5)14-7-6-12(20(2,3)4)10-15(14)26-18/h8-9,12H,6-7,10H2,1-5H3,(H,21,22)/t12-/m0/s1. The van der Waals surface area contributed by atoms with Gasteiger partial charge >= 0.3 is 5.97 Å². The zero-order chi connectivity index (χ0) is 19.1. The fraction of sp³-hybridized carbons (Fsp3) is 0.500. The molecule has 6 heteroatoms. The first kappa shape index (κ1) is 18.7. The minimum absolute atomic E-state index is 0.213. The number of hydrogen-bond donors (Lipinski definition) is 1. The molecule has 2 aromatic heterocycles. The van der Waals surface area contributed by atoms with Crippen LogP contribution in [-0.2, 0) is 17.6 Å². The Hall–Kier alpha value is -2.08. The lowest BCUT2D eigenvalue weighted by molar-refractivity contribution is 0.0600. The molecule has 0 saturated carbocycles. The van der Waals surface area contributed by atoms with E-state index < -0.39 is 5.97 Å². The van der Waals surface area contributed by atoms with Crippen molar-refractivity contribution in [1.82, 2.24) is 0 Å². The number of anilines is 1. The van der Waals surface area contributed by atoms with Crippen LogP contribution < -0.4 is 5.32 Å². The molecule has 2 heterocycles. The van der Waals surface area contributed by atoms with Crippen LogP contribution in [0, 0.1) is 18.3 Å². The fourth-order valence-electron chi connectivity index (χ4n) is 3.52. The van der Waals surface area contributed by atoms with Crippen molar-refractivity contribution in [2.45, 2.75) is 47.0 Å². The Morgan fingerprint density at radius 2 is 2.08 bits per heavy atom. The number of carbonyl (C=O) groups is 2. The summed E-state index contributed by atoms with van der Waals surface area (Å²) in [6.07, 6.45) is 4.28. The SMILES string of the molecule is COC(=O)c1c(NC(=O)c2ccoc2C)sc2c1CC[C@H](C(C)(C)C)C2. The maximum atomic E-state index is 12.6. The third-order valence-electron chi connectivity index (χ3n) is 5.21. The van der Waals surface area contributed by atoms with Crippen LogP contribution in [0.15, 0.2) is 16.7 Å². The topological polar surface area (TPSA) is 68.5 Å². The van der Waals surface area contributed by atoms with Gasteiger partial charge in [-0.1, -0.05) is 20.8 Å². The second-order valence-electron chi connectivity index (χ2n) is 7.85. The van der Waals surface area contributed by atoms with Crippen LogP contribution in [-0.4, -0.2) is 19.0 Å². The van der Waals surface area contributed by atoms with E-state index in [1.165, 1.54) is 29.6 Å². The summed E-state index contributed by atoms with van der Waals surface area (Å²) < 4.78 is 10.2. The van der Waals surface area contributed by atoms with Gasteiger partial charge in [0, 0.05) is 4.88 Å². The number of fused-ring (bicyclic) bond motifs is 1. The predicted octanol–water partition coefficient (Wildman–Crippen LogP) is 4.84. The summed E-state index contributed by atoms with van der Waals surface area (Å²) in [5.74, 6) is 0.443. The molecule has 0 unspecified atom stereocenters. The second kappa shape index (κ2) is 6.91. The van der Waals surface area contributed by atoms with Gasteiger partial charge in [0.2, 0.25) is 0 Å². The van der Waals surface area contributed by atoms with Gasteiger partial charge in [0.15, 0.2) is 0 Å². The van der Waals surface area contributed by atoms with E-state index in [0.717, 1.165) is 24.8 Å². The molecule has 0 spiro atoms. The Bertz CT molecular complexity index is 841. The summed E-state index contributed by atoms with van der Waals surface area (Å²) in [6, 6.07) is 1.63. The molecule has 3 rings (SSSR count). The van der Waals surface area contributed by atoms with Crippen molar-refractivity contribution in [3.05, 3.63) is 39.7 Å². The molecule has 140 valence electrons. The molecular weight excluding hydrogens is 350 g/mol. The molecule has 0 aromatic carbocycles. The molecule has 0 bridgehead atoms. The number of thiophene rings is 1. The molecular formula is C20H25NO4S. The van der Waals surface area contributed by atoms with E-state index in [0.29, 0.717) is 27.8 Å². The van der Waals surface area contributed by atoms with Crippen LogP contribution >= 0.6 is 11.3 Å². The van der Waals surface area contributed by atoms with E-state index in [1.807, 2.05) is 0 Å². The van der Waals surface area contributed by atoms with E-state index in [9.17, 15) is 9.59 Å². The molecule has 1 N–H and O–H groups in total. The molecule has 1 amide bonds. The quantitative estimate of drug-likeness (QED) is 0.780. The molecule has 0 aliphatic heterocycles. The molecule has 0 saturated heterocycles. The first-order valence-corrected chi connectivity index (χ1v) is 9.62. The molecule has 1 atom stereocenters. The van der Waals surface area contributed by atoms with Crippen LogP contribution in [0.4, 0.5) is 5.00 Å². The van der Waals surface area contributed by atoms with E-state index in [2.05, 4.69) is 26.1 Å². The number of hydrogen-bond acceptors (Lipinski definition) is 5. The first-order valence-electron chi connectivity index (χ1n) is 8.80. The van der Waals surface area contributed by atoms with Gasteiger partial charge in [-0.05, 0) is 49.1 Å². The fourth-order valence-corrected chi connectivity index (χ4v) is 4.83. The summed E-state index contributed by atoms with van der Waals surface area (Å²) in [5.41, 5.74) is 2.22. The smallest absolute Gasteiger partial charge is 0.341 e. The first-order chi connectivity index (χ1) is 12.2. The van der Waals surface area contributed by atoms with Gasteiger partial charge in [-0.25, -0.2) is 4.79 Å². The van der Waals surface area contributed by atoms with Gasteiger partial charge in [-0.3, -0.25) is 4.79 Å². The maximum Gasteiger partial charge on any atom is 0.341 e. The van der Waals surface area contributed by atoms with Crippen molar-refractivity contribution in [3.8, 4) is 0 Å². The van der Waals surface area contributed by atoms with Gasteiger partial charge in [0.05, 0.1) is 24.5 Å². The Labute approximate surface area is 157 Å². The highest BCUT2D eigenvalue weighted by Crippen LogP contribution is 2.44. The number of furan rings is 1. The van der Waals surface area contributed by atoms with Crippen LogP contribution in [0.25, 0.3) is 0 Å². The Morgan fingerprint density at radius 1 is 1.35 bits per heavy atom. The molecule has 2 aromatic rings. The average Bonchev–Trinajstić information content (AvgIpc) is 3.15. The highest BCUT2D eigenvalue weighted by molar-refractivity contribution is 7.17. The van der Waals surface area contributed by atoms with Gasteiger partial charge < -0.3 is 14.5 Å². The summed E-state index contributed by atoms with van der Waals surface area (Å²) in [5, 5.41) is 3.47. The highest BCUT2D eigenvalue weighted by atomic mass is 32.1. The summed E-state index contributed by atoms with van der Waals surface area (Å²) >= 11 is 1.49. The number of methoxy groups -OCH3 is 1. The van der Waals surface area contributed by atoms with Crippen LogP contribution in [0.5, 0.6) is 0 Å². The minimum Gasteiger partial charge on any atom is -0.469 e. The zero-order valence-corrected chi connectivity index (χ0v) is 16.7. The minimum atomic E-state index is -0.393. The Balaban J connectivity index is 1.95. The summed E-state index contributed by atoms with van der Waals surface area (Å²) in [4.78, 5) is 26.2. The summed E-state index contributed by atoms with van der Waals surface area (Å²) in [7, 11) is 1.37. The third kappa shape index (κ3) is 3.43. The van der Waals surface area contributed by atoms with Crippen molar-refractivity contribution >= 4 is 28.2 Å². The van der Waals surface area contributed by atoms with Gasteiger partial charge in [0.1, 0.15) is 10.8 Å². The maximum absolute atomic E-state index is 12.6. The molecule has 0 radical (unpaired) electrons. The zero-order valence-electron chi connectivity index (χ0n) is 15.9. The number of amides is 1. The highest BCUT2D eigenvalue weighted by Gasteiger charge is 2.34. The van der Waals surface area contributed by atoms with Crippen molar-refractivity contribution in [2.24, 2.45) is 11.3 Å². The molecule has 1 aliphatic rings. The van der Waals surface area contributed by atoms with Crippen LogP contribution in [0.2, 0.25) is 0 Å². The van der Waals surface area contributed by atoms with Gasteiger partial charge in [-0.2, -0.15) is 0 Å². The average molecular weight is 375 g/mol. The van der Waals surface area contributed by atoms with E-state index in [4.69, 9.17) is 9.15 Å². The lowest BCUT2D eigenvalue weighted by atomic mass is 9.72. The lowest BCUT2D eigenvalue weighted by Gasteiger charge is -2.33. The number of aryl methyl sites for hydroxylation is 1. The van der Waals surface area contributed by atoms with E-state index >= 15 is 0 Å². The normalized spacial score (nSPS) is 16.9. The van der Waals surface area contributed by atoms with Crippen molar-refractivity contribution in [3.63, 3.8) is 0 Å². The van der Waals surface area contributed by atoms with Gasteiger partial charge in [0.25, 0.3) is 5.91 Å². The van der Waals surface area contributed by atoms with E-state index in [1.54, 1.807) is 13.0 Å². The number of carbonyl (C=O) groups excluding carboxylic acids is 2. The van der Waals surface area contributed by atoms with Crippen molar-refractivity contribution in [1.29, 1.82) is 0 Å². The monoisotopic (exact) mass is 375 g/mol. The molecule has 26 heavy (non-hydrogen) atoms. The summed E-state index contributed by atoms with van der Waals surface area (Å²) in [6.45, 7) is 8.50. The molecule has 0 fully saturated rings. The largest absolute Gasteiger partial charge is 0.469 e. The Morgan fingerprint density at radius 3 is 2.65 bits per heavy atom. The third-order valence-corrected chi connectivity index (χ3v) is 6.38. The number of esters is 1. The number of nitrogens with one attached hydrogen (secondary N) is 1. The van der Waals surface area contributed by atoms with Crippen molar-refractivity contribution in [2.75, 3.05) is 12.4 Å². The number of ether oxygens (including phenoxy) is 1. The van der Waals surface area contributed by atoms with Crippen molar-refractivity contribution < 1.29 is 18.7 Å². The number of rotatable bonds is 3. The molecule has 5 nitrogen and oxygen atoms in total. The van der Waals surface area contributed by atoms with Crippen LogP contribution in [0.1, 0.15) is 64.1 Å².